The summed E-state index contributed by atoms with van der Waals surface area (Å²) in [7, 11) is -1.27. The summed E-state index contributed by atoms with van der Waals surface area (Å²) in [6.07, 6.45) is 0.998. The number of benzene rings is 2. The number of hydrogen-bond donors (Lipinski definition) is 0. The molecule has 2 heteroatoms. The van der Waals surface area contributed by atoms with Crippen LogP contribution >= 0.6 is 11.6 Å². The third-order valence-electron chi connectivity index (χ3n) is 3.13. The van der Waals surface area contributed by atoms with Crippen LogP contribution in [0.5, 0.6) is 0 Å². The van der Waals surface area contributed by atoms with E-state index in [9.17, 15) is 0 Å². The first-order chi connectivity index (χ1) is 8.47. The van der Waals surface area contributed by atoms with Crippen molar-refractivity contribution >= 4 is 24.9 Å². The molecule has 0 saturated heterocycles. The van der Waals surface area contributed by atoms with Gasteiger partial charge >= 0.3 is 0 Å². The maximum atomic E-state index is 5.93. The van der Waals surface area contributed by atoms with E-state index in [-0.39, 0.29) is 0 Å². The molecule has 0 bridgehead atoms. The van der Waals surface area contributed by atoms with Crippen LogP contribution in [0.15, 0.2) is 48.5 Å². The van der Waals surface area contributed by atoms with Crippen molar-refractivity contribution < 1.29 is 0 Å². The quantitative estimate of drug-likeness (QED) is 0.724. The normalized spacial score (nSPS) is 11.6. The summed E-state index contributed by atoms with van der Waals surface area (Å²) < 4.78 is 0. The molecule has 2 rings (SSSR count). The molecule has 0 amide bonds. The van der Waals surface area contributed by atoms with Crippen LogP contribution in [0, 0.1) is 0 Å². The second kappa shape index (κ2) is 5.29. The lowest BCUT2D eigenvalue weighted by molar-refractivity contribution is 1.20. The van der Waals surface area contributed by atoms with Crippen LogP contribution in [0.25, 0.3) is 0 Å². The fourth-order valence-electron chi connectivity index (χ4n) is 2.23. The van der Waals surface area contributed by atoms with Gasteiger partial charge in [-0.25, -0.2) is 0 Å². The Morgan fingerprint density at radius 1 is 0.889 bits per heavy atom. The smallest absolute Gasteiger partial charge is 0.0779 e. The molecule has 2 aromatic carbocycles. The highest BCUT2D eigenvalue weighted by Gasteiger charge is 2.19. The van der Waals surface area contributed by atoms with Crippen LogP contribution < -0.4 is 5.19 Å². The highest BCUT2D eigenvalue weighted by molar-refractivity contribution is 6.89. The molecule has 0 fully saturated rings. The molecule has 0 aliphatic rings. The van der Waals surface area contributed by atoms with Crippen molar-refractivity contribution in [2.24, 2.45) is 0 Å². The molecule has 18 heavy (non-hydrogen) atoms. The van der Waals surface area contributed by atoms with Crippen LogP contribution in [0.2, 0.25) is 24.7 Å². The minimum atomic E-state index is -1.27. The second-order valence-corrected chi connectivity index (χ2v) is 11.2. The van der Waals surface area contributed by atoms with Crippen molar-refractivity contribution in [1.82, 2.24) is 0 Å². The van der Waals surface area contributed by atoms with E-state index in [1.54, 1.807) is 5.19 Å². The predicted octanol–water partition coefficient (Wildman–Crippen LogP) is 4.48. The van der Waals surface area contributed by atoms with E-state index in [2.05, 4.69) is 56.0 Å². The van der Waals surface area contributed by atoms with Gasteiger partial charge in [-0.2, -0.15) is 0 Å². The second-order valence-electron chi connectivity index (χ2n) is 5.71. The molecule has 0 nitrogen and oxygen atoms in total. The zero-order valence-corrected chi connectivity index (χ0v) is 13.0. The van der Waals surface area contributed by atoms with Gasteiger partial charge < -0.3 is 0 Å². The first kappa shape index (κ1) is 13.4. The summed E-state index contributed by atoms with van der Waals surface area (Å²) in [6.45, 7) is 7.19. The molecule has 0 unspecified atom stereocenters. The Bertz CT molecular complexity index is 524. The average Bonchev–Trinajstić information content (AvgIpc) is 2.31. The lowest BCUT2D eigenvalue weighted by atomic mass is 10.1. The lowest BCUT2D eigenvalue weighted by Crippen LogP contribution is -2.40. The van der Waals surface area contributed by atoms with Gasteiger partial charge in [-0.1, -0.05) is 72.8 Å². The van der Waals surface area contributed by atoms with Gasteiger partial charge in [-0.15, -0.1) is 0 Å². The maximum absolute atomic E-state index is 5.93. The molecule has 0 atom stereocenters. The van der Waals surface area contributed by atoms with E-state index >= 15 is 0 Å². The summed E-state index contributed by atoms with van der Waals surface area (Å²) in [6, 6.07) is 17.0. The van der Waals surface area contributed by atoms with Gasteiger partial charge in [-0.05, 0) is 29.7 Å². The third-order valence-corrected chi connectivity index (χ3v) is 5.49. The Morgan fingerprint density at radius 2 is 1.50 bits per heavy atom. The summed E-state index contributed by atoms with van der Waals surface area (Å²) in [5, 5.41) is 2.36. The minimum Gasteiger partial charge on any atom is -0.0843 e. The molecular weight excluding hydrogens is 256 g/mol. The molecule has 0 N–H and O–H groups in total. The van der Waals surface area contributed by atoms with Crippen LogP contribution in [-0.4, -0.2) is 8.07 Å². The fourth-order valence-corrected chi connectivity index (χ4v) is 4.09. The monoisotopic (exact) mass is 274 g/mol. The van der Waals surface area contributed by atoms with E-state index in [4.69, 9.17) is 11.6 Å². The molecule has 94 valence electrons. The van der Waals surface area contributed by atoms with Crippen molar-refractivity contribution in [3.8, 4) is 0 Å². The topological polar surface area (TPSA) is 0 Å². The molecule has 0 aliphatic heterocycles. The van der Waals surface area contributed by atoms with Crippen molar-refractivity contribution in [3.63, 3.8) is 0 Å². The summed E-state index contributed by atoms with van der Waals surface area (Å²) in [5.74, 6) is 0. The molecule has 0 heterocycles. The van der Waals surface area contributed by atoms with Crippen LogP contribution in [-0.2, 0) is 6.42 Å². The average molecular weight is 275 g/mol. The van der Waals surface area contributed by atoms with Crippen LogP contribution in [0.3, 0.4) is 0 Å². The van der Waals surface area contributed by atoms with Gasteiger partial charge in [-0.3, -0.25) is 0 Å². The predicted molar refractivity (Wildman–Crippen MR) is 83.7 cm³/mol. The van der Waals surface area contributed by atoms with Gasteiger partial charge in [0, 0.05) is 5.02 Å². The van der Waals surface area contributed by atoms with Gasteiger partial charge in [0.1, 0.15) is 0 Å². The third kappa shape index (κ3) is 3.24. The van der Waals surface area contributed by atoms with E-state index in [0.29, 0.717) is 0 Å². The first-order valence-corrected chi connectivity index (χ1v) is 10.2. The molecule has 0 radical (unpaired) electrons. The largest absolute Gasteiger partial charge is 0.0843 e. The molecule has 0 saturated carbocycles. The Morgan fingerprint density at radius 3 is 2.11 bits per heavy atom. The van der Waals surface area contributed by atoms with Gasteiger partial charge in [0.25, 0.3) is 0 Å². The Kier molecular flexibility index (Phi) is 3.93. The molecule has 2 aromatic rings. The summed E-state index contributed by atoms with van der Waals surface area (Å²) in [4.78, 5) is 0. The van der Waals surface area contributed by atoms with Crippen molar-refractivity contribution in [1.29, 1.82) is 0 Å². The first-order valence-electron chi connectivity index (χ1n) is 6.29. The Labute approximate surface area is 116 Å². The molecule has 0 spiro atoms. The Hall–Kier alpha value is -1.05. The SMILES string of the molecule is C[Si](C)(C)c1ccccc1Cc1ccc(Cl)cc1. The van der Waals surface area contributed by atoms with Gasteiger partial charge in [0.2, 0.25) is 0 Å². The molecule has 0 aliphatic carbocycles. The van der Waals surface area contributed by atoms with Crippen molar-refractivity contribution in [3.05, 3.63) is 64.7 Å². The fraction of sp³-hybridized carbons (Fsp3) is 0.250. The summed E-state index contributed by atoms with van der Waals surface area (Å²) in [5.41, 5.74) is 2.78. The standard InChI is InChI=1S/C16H19ClSi/c1-18(2,3)16-7-5-4-6-14(16)12-13-8-10-15(17)11-9-13/h4-11H,12H2,1-3H3. The lowest BCUT2D eigenvalue weighted by Gasteiger charge is -2.21. The van der Waals surface area contributed by atoms with E-state index < -0.39 is 8.07 Å². The van der Waals surface area contributed by atoms with Crippen LogP contribution in [0.4, 0.5) is 0 Å². The number of rotatable bonds is 3. The number of hydrogen-bond acceptors (Lipinski definition) is 0. The summed E-state index contributed by atoms with van der Waals surface area (Å²) >= 11 is 5.93. The highest BCUT2D eigenvalue weighted by atomic mass is 35.5. The molecule has 0 aromatic heterocycles. The van der Waals surface area contributed by atoms with Gasteiger partial charge in [0.15, 0.2) is 0 Å². The molecular formula is C16H19ClSi. The zero-order valence-electron chi connectivity index (χ0n) is 11.2. The minimum absolute atomic E-state index is 0.803. The highest BCUT2D eigenvalue weighted by Crippen LogP contribution is 2.15. The van der Waals surface area contributed by atoms with E-state index in [0.717, 1.165) is 11.4 Å². The van der Waals surface area contributed by atoms with Crippen LogP contribution in [0.1, 0.15) is 11.1 Å². The zero-order chi connectivity index (χ0) is 13.2. The maximum Gasteiger partial charge on any atom is 0.0779 e. The van der Waals surface area contributed by atoms with Crippen molar-refractivity contribution in [2.45, 2.75) is 26.1 Å². The Balaban J connectivity index is 2.32. The van der Waals surface area contributed by atoms with Gasteiger partial charge in [0.05, 0.1) is 8.07 Å². The van der Waals surface area contributed by atoms with E-state index in [1.807, 2.05) is 12.1 Å². The van der Waals surface area contributed by atoms with Crippen molar-refractivity contribution in [2.75, 3.05) is 0 Å². The van der Waals surface area contributed by atoms with E-state index in [1.165, 1.54) is 11.1 Å². The number of halogens is 1.